The molecule has 2 aliphatic carbocycles. The molecule has 1 saturated carbocycles. The number of urea groups is 1. The number of hydrogen-bond donors (Lipinski definition) is 2. The summed E-state index contributed by atoms with van der Waals surface area (Å²) >= 11 is 0. The molecule has 22 heavy (non-hydrogen) atoms. The van der Waals surface area contributed by atoms with Gasteiger partial charge in [-0.15, -0.1) is 0 Å². The molecule has 0 heterocycles. The van der Waals surface area contributed by atoms with Crippen LogP contribution in [0.5, 0.6) is 0 Å². The molecule has 0 saturated heterocycles. The molecule has 1 aromatic carbocycles. The van der Waals surface area contributed by atoms with Crippen LogP contribution in [0.25, 0.3) is 0 Å². The van der Waals surface area contributed by atoms with Crippen LogP contribution >= 0.6 is 0 Å². The van der Waals surface area contributed by atoms with Crippen LogP contribution in [-0.2, 0) is 12.8 Å². The highest BCUT2D eigenvalue weighted by molar-refractivity contribution is 5.90. The molecule has 2 aliphatic rings. The highest BCUT2D eigenvalue weighted by Crippen LogP contribution is 2.29. The fraction of sp³-hybridized carbons (Fsp3) is 0.611. The highest BCUT2D eigenvalue weighted by atomic mass is 16.3. The summed E-state index contributed by atoms with van der Waals surface area (Å²) in [6, 6.07) is 6.13. The van der Waals surface area contributed by atoms with E-state index in [1.165, 1.54) is 24.0 Å². The van der Waals surface area contributed by atoms with E-state index in [2.05, 4.69) is 11.4 Å². The van der Waals surface area contributed by atoms with Crippen LogP contribution in [-0.4, -0.2) is 35.7 Å². The Morgan fingerprint density at radius 3 is 2.86 bits per heavy atom. The van der Waals surface area contributed by atoms with Gasteiger partial charge in [-0.25, -0.2) is 4.79 Å². The molecule has 4 heteroatoms. The van der Waals surface area contributed by atoms with Crippen LogP contribution in [0.15, 0.2) is 18.2 Å². The maximum absolute atomic E-state index is 12.4. The van der Waals surface area contributed by atoms with E-state index in [1.54, 1.807) is 4.90 Å². The number of benzene rings is 1. The van der Waals surface area contributed by atoms with Crippen molar-refractivity contribution in [3.8, 4) is 0 Å². The molecular formula is C18H26N2O2. The van der Waals surface area contributed by atoms with Crippen molar-refractivity contribution in [2.45, 2.75) is 51.0 Å². The van der Waals surface area contributed by atoms with Crippen molar-refractivity contribution in [2.75, 3.05) is 18.9 Å². The van der Waals surface area contributed by atoms with Crippen LogP contribution in [0, 0.1) is 5.92 Å². The second-order valence-electron chi connectivity index (χ2n) is 6.72. The Morgan fingerprint density at radius 2 is 2.09 bits per heavy atom. The second kappa shape index (κ2) is 6.69. The molecule has 1 fully saturated rings. The first-order chi connectivity index (χ1) is 10.6. The molecule has 2 unspecified atom stereocenters. The number of rotatable bonds is 3. The molecule has 1 aromatic rings. The molecule has 2 atom stereocenters. The van der Waals surface area contributed by atoms with Gasteiger partial charge in [-0.3, -0.25) is 0 Å². The van der Waals surface area contributed by atoms with E-state index in [0.717, 1.165) is 37.8 Å². The van der Waals surface area contributed by atoms with Crippen molar-refractivity contribution in [1.82, 2.24) is 4.90 Å². The maximum atomic E-state index is 12.4. The van der Waals surface area contributed by atoms with E-state index in [4.69, 9.17) is 0 Å². The van der Waals surface area contributed by atoms with Gasteiger partial charge < -0.3 is 15.3 Å². The number of nitrogens with one attached hydrogen (secondary N) is 1. The van der Waals surface area contributed by atoms with Gasteiger partial charge in [-0.1, -0.05) is 18.6 Å². The number of fused-ring (bicyclic) bond motifs is 1. The van der Waals surface area contributed by atoms with Gasteiger partial charge in [0.25, 0.3) is 0 Å². The molecule has 120 valence electrons. The number of carbonyl (C=O) groups excluding carboxylic acids is 1. The number of aliphatic hydroxyl groups excluding tert-OH is 1. The summed E-state index contributed by atoms with van der Waals surface area (Å²) in [4.78, 5) is 14.1. The van der Waals surface area contributed by atoms with Gasteiger partial charge in [0.1, 0.15) is 0 Å². The van der Waals surface area contributed by atoms with E-state index in [0.29, 0.717) is 6.54 Å². The lowest BCUT2D eigenvalue weighted by Crippen LogP contribution is -2.37. The van der Waals surface area contributed by atoms with Gasteiger partial charge in [0.15, 0.2) is 0 Å². The lowest BCUT2D eigenvalue weighted by Gasteiger charge is -2.25. The summed E-state index contributed by atoms with van der Waals surface area (Å²) in [7, 11) is 1.82. The topological polar surface area (TPSA) is 52.6 Å². The molecule has 0 aliphatic heterocycles. The minimum atomic E-state index is -0.250. The van der Waals surface area contributed by atoms with Gasteiger partial charge in [-0.05, 0) is 55.7 Å². The van der Waals surface area contributed by atoms with Crippen molar-refractivity contribution in [1.29, 1.82) is 0 Å². The van der Waals surface area contributed by atoms with E-state index in [9.17, 15) is 9.90 Å². The van der Waals surface area contributed by atoms with Crippen molar-refractivity contribution in [3.63, 3.8) is 0 Å². The van der Waals surface area contributed by atoms with Crippen LogP contribution in [0.1, 0.15) is 43.2 Å². The van der Waals surface area contributed by atoms with E-state index >= 15 is 0 Å². The summed E-state index contributed by atoms with van der Waals surface area (Å²) in [6.45, 7) is 0.627. The average Bonchev–Trinajstić information content (AvgIpc) is 2.93. The third-order valence-corrected chi connectivity index (χ3v) is 5.11. The first kappa shape index (κ1) is 15.3. The van der Waals surface area contributed by atoms with Crippen LogP contribution < -0.4 is 5.32 Å². The zero-order valence-electron chi connectivity index (χ0n) is 13.3. The van der Waals surface area contributed by atoms with E-state index in [1.807, 2.05) is 19.2 Å². The fourth-order valence-electron chi connectivity index (χ4n) is 3.77. The zero-order chi connectivity index (χ0) is 15.5. The lowest BCUT2D eigenvalue weighted by atomic mass is 9.90. The van der Waals surface area contributed by atoms with Crippen molar-refractivity contribution < 1.29 is 9.90 Å². The Labute approximate surface area is 132 Å². The zero-order valence-corrected chi connectivity index (χ0v) is 13.3. The molecule has 0 bridgehead atoms. The number of carbonyl (C=O) groups is 1. The Morgan fingerprint density at radius 1 is 1.27 bits per heavy atom. The Bertz CT molecular complexity index is 544. The van der Waals surface area contributed by atoms with Gasteiger partial charge in [0.2, 0.25) is 0 Å². The summed E-state index contributed by atoms with van der Waals surface area (Å²) < 4.78 is 0. The smallest absolute Gasteiger partial charge is 0.321 e. The molecule has 2 amide bonds. The van der Waals surface area contributed by atoms with Gasteiger partial charge in [0.05, 0.1) is 6.10 Å². The summed E-state index contributed by atoms with van der Waals surface area (Å²) in [5, 5.41) is 13.0. The van der Waals surface area contributed by atoms with Gasteiger partial charge in [0, 0.05) is 25.2 Å². The fourth-order valence-corrected chi connectivity index (χ4v) is 3.77. The standard InChI is InChI=1S/C18H26N2O2/c1-20(12-14-8-5-11-17(14)21)18(22)19-16-10-4-7-13-6-2-3-9-15(13)16/h4,7,10,14,17,21H,2-3,5-6,8-9,11-12H2,1H3,(H,19,22). The van der Waals surface area contributed by atoms with E-state index < -0.39 is 0 Å². The normalized spacial score (nSPS) is 23.9. The minimum absolute atomic E-state index is 0.0712. The third-order valence-electron chi connectivity index (χ3n) is 5.11. The number of aliphatic hydroxyl groups is 1. The first-order valence-corrected chi connectivity index (χ1v) is 8.46. The van der Waals surface area contributed by atoms with Crippen LogP contribution in [0.2, 0.25) is 0 Å². The molecular weight excluding hydrogens is 276 g/mol. The van der Waals surface area contributed by atoms with Crippen LogP contribution in [0.4, 0.5) is 10.5 Å². The maximum Gasteiger partial charge on any atom is 0.321 e. The highest BCUT2D eigenvalue weighted by Gasteiger charge is 2.27. The minimum Gasteiger partial charge on any atom is -0.393 e. The quantitative estimate of drug-likeness (QED) is 0.901. The molecule has 3 rings (SSSR count). The monoisotopic (exact) mass is 302 g/mol. The van der Waals surface area contributed by atoms with Crippen molar-refractivity contribution >= 4 is 11.7 Å². The Hall–Kier alpha value is -1.55. The Kier molecular flexibility index (Phi) is 4.67. The molecule has 0 radical (unpaired) electrons. The number of anilines is 1. The van der Waals surface area contributed by atoms with Crippen molar-refractivity contribution in [2.24, 2.45) is 5.92 Å². The number of amides is 2. The molecule has 2 N–H and O–H groups in total. The van der Waals surface area contributed by atoms with Gasteiger partial charge >= 0.3 is 6.03 Å². The SMILES string of the molecule is CN(CC1CCCC1O)C(=O)Nc1cccc2c1CCCC2. The largest absolute Gasteiger partial charge is 0.393 e. The third kappa shape index (κ3) is 3.27. The second-order valence-corrected chi connectivity index (χ2v) is 6.72. The van der Waals surface area contributed by atoms with Gasteiger partial charge in [-0.2, -0.15) is 0 Å². The predicted molar refractivity (Wildman–Crippen MR) is 88.1 cm³/mol. The predicted octanol–water partition coefficient (Wildman–Crippen LogP) is 3.19. The van der Waals surface area contributed by atoms with Crippen molar-refractivity contribution in [3.05, 3.63) is 29.3 Å². The van der Waals surface area contributed by atoms with E-state index in [-0.39, 0.29) is 18.1 Å². The summed E-state index contributed by atoms with van der Waals surface area (Å²) in [5.41, 5.74) is 3.63. The lowest BCUT2D eigenvalue weighted by molar-refractivity contribution is 0.116. The average molecular weight is 302 g/mol. The number of aryl methyl sites for hydroxylation is 1. The van der Waals surface area contributed by atoms with Crippen LogP contribution in [0.3, 0.4) is 0 Å². The Balaban J connectivity index is 1.64. The number of hydrogen-bond acceptors (Lipinski definition) is 2. The molecule has 0 spiro atoms. The molecule has 4 nitrogen and oxygen atoms in total. The number of nitrogens with zero attached hydrogens (tertiary/aromatic N) is 1. The summed E-state index contributed by atoms with van der Waals surface area (Å²) in [5.74, 6) is 0.223. The summed E-state index contributed by atoms with van der Waals surface area (Å²) in [6.07, 6.45) is 7.30. The molecule has 0 aromatic heterocycles. The first-order valence-electron chi connectivity index (χ1n) is 8.46.